The second-order valence-corrected chi connectivity index (χ2v) is 6.04. The van der Waals surface area contributed by atoms with Crippen molar-refractivity contribution < 1.29 is 32.1 Å². The summed E-state index contributed by atoms with van der Waals surface area (Å²) in [5.41, 5.74) is 1.05. The second-order valence-electron chi connectivity index (χ2n) is 6.04. The third-order valence-corrected chi connectivity index (χ3v) is 4.25. The summed E-state index contributed by atoms with van der Waals surface area (Å²) in [5, 5.41) is 0. The Labute approximate surface area is 170 Å². The molecule has 2 aromatic carbocycles. The molecule has 0 amide bonds. The quantitative estimate of drug-likeness (QED) is 0.590. The van der Waals surface area contributed by atoms with Gasteiger partial charge in [0.1, 0.15) is 5.75 Å². The molecule has 0 aliphatic heterocycles. The first kappa shape index (κ1) is 21.1. The van der Waals surface area contributed by atoms with Crippen molar-refractivity contribution in [3.05, 3.63) is 65.0 Å². The van der Waals surface area contributed by atoms with E-state index in [-0.39, 0.29) is 11.3 Å². The SMILES string of the molecule is COc1cc(-n2c(-c3ccc(OC(F)(F)F)cc3)cccc2=O)cc(OC)c1OC. The van der Waals surface area contributed by atoms with Crippen molar-refractivity contribution >= 4 is 0 Å². The Bertz CT molecular complexity index is 1070. The van der Waals surface area contributed by atoms with Crippen molar-refractivity contribution in [2.45, 2.75) is 6.36 Å². The number of pyridine rings is 1. The monoisotopic (exact) mass is 421 g/mol. The fraction of sp³-hybridized carbons (Fsp3) is 0.190. The lowest BCUT2D eigenvalue weighted by atomic mass is 10.1. The number of rotatable bonds is 6. The van der Waals surface area contributed by atoms with Crippen molar-refractivity contribution in [2.75, 3.05) is 21.3 Å². The molecule has 0 atom stereocenters. The summed E-state index contributed by atoms with van der Waals surface area (Å²) in [6.07, 6.45) is -4.79. The van der Waals surface area contributed by atoms with E-state index in [1.54, 1.807) is 24.3 Å². The van der Waals surface area contributed by atoms with Crippen LogP contribution >= 0.6 is 0 Å². The molecule has 0 aliphatic rings. The molecule has 0 saturated heterocycles. The molecule has 30 heavy (non-hydrogen) atoms. The van der Waals surface area contributed by atoms with Gasteiger partial charge in [0.25, 0.3) is 5.56 Å². The van der Waals surface area contributed by atoms with Gasteiger partial charge >= 0.3 is 6.36 Å². The Hall–Kier alpha value is -3.62. The summed E-state index contributed by atoms with van der Waals surface area (Å²) in [7, 11) is 4.37. The molecule has 158 valence electrons. The topological polar surface area (TPSA) is 58.9 Å². The molecule has 0 unspecified atom stereocenters. The molecule has 0 aliphatic carbocycles. The third kappa shape index (κ3) is 4.35. The maximum atomic E-state index is 12.7. The zero-order valence-electron chi connectivity index (χ0n) is 16.3. The maximum absolute atomic E-state index is 12.7. The Balaban J connectivity index is 2.14. The highest BCUT2D eigenvalue weighted by Gasteiger charge is 2.31. The number of hydrogen-bond donors (Lipinski definition) is 0. The van der Waals surface area contributed by atoms with Crippen LogP contribution in [0.1, 0.15) is 0 Å². The van der Waals surface area contributed by atoms with Gasteiger partial charge in [-0.25, -0.2) is 0 Å². The van der Waals surface area contributed by atoms with Gasteiger partial charge in [0.15, 0.2) is 11.5 Å². The van der Waals surface area contributed by atoms with Gasteiger partial charge in [-0.3, -0.25) is 9.36 Å². The molecule has 1 aromatic heterocycles. The maximum Gasteiger partial charge on any atom is 0.573 e. The summed E-state index contributed by atoms with van der Waals surface area (Å²) in [6.45, 7) is 0. The minimum atomic E-state index is -4.79. The van der Waals surface area contributed by atoms with Crippen molar-refractivity contribution in [3.8, 4) is 39.9 Å². The number of hydrogen-bond acceptors (Lipinski definition) is 5. The molecule has 1 heterocycles. The highest BCUT2D eigenvalue weighted by molar-refractivity contribution is 5.66. The molecule has 3 rings (SSSR count). The van der Waals surface area contributed by atoms with Gasteiger partial charge in [-0.2, -0.15) is 0 Å². The number of methoxy groups -OCH3 is 3. The summed E-state index contributed by atoms with van der Waals surface area (Å²) >= 11 is 0. The fourth-order valence-electron chi connectivity index (χ4n) is 3.00. The van der Waals surface area contributed by atoms with Crippen LogP contribution in [-0.2, 0) is 0 Å². The Morgan fingerprint density at radius 3 is 1.93 bits per heavy atom. The van der Waals surface area contributed by atoms with Crippen LogP contribution in [0, 0.1) is 0 Å². The lowest BCUT2D eigenvalue weighted by Gasteiger charge is -2.18. The highest BCUT2D eigenvalue weighted by Crippen LogP contribution is 2.39. The van der Waals surface area contributed by atoms with Crippen LogP contribution in [0.4, 0.5) is 13.2 Å². The molecule has 0 spiro atoms. The summed E-state index contributed by atoms with van der Waals surface area (Å²) in [5.74, 6) is 0.705. The van der Waals surface area contributed by atoms with Crippen LogP contribution < -0.4 is 24.5 Å². The van der Waals surface area contributed by atoms with Crippen LogP contribution in [0.2, 0.25) is 0 Å². The van der Waals surface area contributed by atoms with Gasteiger partial charge < -0.3 is 18.9 Å². The van der Waals surface area contributed by atoms with Gasteiger partial charge in [0, 0.05) is 18.2 Å². The number of halogens is 3. The van der Waals surface area contributed by atoms with E-state index in [0.717, 1.165) is 0 Å². The van der Waals surface area contributed by atoms with Crippen molar-refractivity contribution in [3.63, 3.8) is 0 Å². The summed E-state index contributed by atoms with van der Waals surface area (Å²) in [4.78, 5) is 12.7. The molecule has 0 bridgehead atoms. The first-order valence-electron chi connectivity index (χ1n) is 8.66. The fourth-order valence-corrected chi connectivity index (χ4v) is 3.00. The van der Waals surface area contributed by atoms with Crippen LogP contribution in [0.15, 0.2) is 59.4 Å². The van der Waals surface area contributed by atoms with Gasteiger partial charge in [0.2, 0.25) is 5.75 Å². The predicted octanol–water partition coefficient (Wildman–Crippen LogP) is 4.43. The number of aromatic nitrogens is 1. The van der Waals surface area contributed by atoms with Gasteiger partial charge in [0.05, 0.1) is 32.7 Å². The molecule has 0 fully saturated rings. The molecule has 0 radical (unpaired) electrons. The minimum absolute atomic E-state index is 0.350. The van der Waals surface area contributed by atoms with E-state index in [1.165, 1.54) is 56.2 Å². The van der Waals surface area contributed by atoms with Crippen molar-refractivity contribution in [1.29, 1.82) is 0 Å². The predicted molar refractivity (Wildman–Crippen MR) is 104 cm³/mol. The average Bonchev–Trinajstić information content (AvgIpc) is 2.71. The standard InChI is InChI=1S/C21H18F3NO5/c1-27-17-11-14(12-18(28-2)20(17)29-3)25-16(5-4-6-19(25)26)13-7-9-15(10-8-13)30-21(22,23)24/h4-12H,1-3H3. The lowest BCUT2D eigenvalue weighted by molar-refractivity contribution is -0.274. The molecule has 9 heteroatoms. The number of nitrogens with zero attached hydrogens (tertiary/aromatic N) is 1. The highest BCUT2D eigenvalue weighted by atomic mass is 19.4. The van der Waals surface area contributed by atoms with Gasteiger partial charge in [-0.1, -0.05) is 6.07 Å². The Morgan fingerprint density at radius 2 is 1.43 bits per heavy atom. The first-order valence-corrected chi connectivity index (χ1v) is 8.66. The Morgan fingerprint density at radius 1 is 0.833 bits per heavy atom. The molecule has 0 N–H and O–H groups in total. The lowest BCUT2D eigenvalue weighted by Crippen LogP contribution is -2.19. The van der Waals surface area contributed by atoms with Crippen LogP contribution in [-0.4, -0.2) is 32.3 Å². The van der Waals surface area contributed by atoms with E-state index in [4.69, 9.17) is 14.2 Å². The van der Waals surface area contributed by atoms with E-state index in [2.05, 4.69) is 4.74 Å². The van der Waals surface area contributed by atoms with Crippen LogP contribution in [0.25, 0.3) is 16.9 Å². The van der Waals surface area contributed by atoms with E-state index in [9.17, 15) is 18.0 Å². The molecule has 6 nitrogen and oxygen atoms in total. The molecular weight excluding hydrogens is 403 g/mol. The molecular formula is C21H18F3NO5. The van der Waals surface area contributed by atoms with Crippen LogP contribution in [0.3, 0.4) is 0 Å². The second kappa shape index (κ2) is 8.40. The number of ether oxygens (including phenoxy) is 4. The average molecular weight is 421 g/mol. The van der Waals surface area contributed by atoms with E-state index in [0.29, 0.717) is 34.2 Å². The third-order valence-electron chi connectivity index (χ3n) is 4.25. The van der Waals surface area contributed by atoms with E-state index in [1.807, 2.05) is 0 Å². The van der Waals surface area contributed by atoms with Gasteiger partial charge in [-0.15, -0.1) is 13.2 Å². The van der Waals surface area contributed by atoms with Gasteiger partial charge in [-0.05, 0) is 35.9 Å². The van der Waals surface area contributed by atoms with E-state index < -0.39 is 6.36 Å². The summed E-state index contributed by atoms with van der Waals surface area (Å²) in [6, 6.07) is 13.0. The number of alkyl halides is 3. The van der Waals surface area contributed by atoms with Crippen molar-refractivity contribution in [2.24, 2.45) is 0 Å². The molecule has 3 aromatic rings. The zero-order valence-corrected chi connectivity index (χ0v) is 16.3. The van der Waals surface area contributed by atoms with Crippen LogP contribution in [0.5, 0.6) is 23.0 Å². The number of benzene rings is 2. The zero-order chi connectivity index (χ0) is 21.9. The largest absolute Gasteiger partial charge is 0.573 e. The summed E-state index contributed by atoms with van der Waals surface area (Å²) < 4.78 is 58.5. The van der Waals surface area contributed by atoms with E-state index >= 15 is 0 Å². The smallest absolute Gasteiger partial charge is 0.493 e. The first-order chi connectivity index (χ1) is 14.3. The Kier molecular flexibility index (Phi) is 5.91. The van der Waals surface area contributed by atoms with Crippen molar-refractivity contribution in [1.82, 2.24) is 4.57 Å². The normalized spacial score (nSPS) is 11.1. The minimum Gasteiger partial charge on any atom is -0.493 e. The molecule has 0 saturated carbocycles.